The summed E-state index contributed by atoms with van der Waals surface area (Å²) in [7, 11) is 0. The molecule has 0 aliphatic heterocycles. The molecule has 12 heavy (non-hydrogen) atoms. The van der Waals surface area contributed by atoms with Crippen molar-refractivity contribution in [1.82, 2.24) is 0 Å². The van der Waals surface area contributed by atoms with Crippen molar-refractivity contribution < 1.29 is 0 Å². The van der Waals surface area contributed by atoms with Crippen LogP contribution in [0.2, 0.25) is 0 Å². The van der Waals surface area contributed by atoms with Gasteiger partial charge in [0.05, 0.1) is 0 Å². The summed E-state index contributed by atoms with van der Waals surface area (Å²) in [6, 6.07) is 0. The van der Waals surface area contributed by atoms with Crippen molar-refractivity contribution >= 4 is 12.6 Å². The van der Waals surface area contributed by atoms with Gasteiger partial charge in [0.25, 0.3) is 0 Å². The van der Waals surface area contributed by atoms with E-state index in [-0.39, 0.29) is 0 Å². The Hall–Kier alpha value is -0.170. The lowest BCUT2D eigenvalue weighted by atomic mass is 9.93. The maximum atomic E-state index is 4.41. The van der Waals surface area contributed by atoms with Gasteiger partial charge in [-0.1, -0.05) is 31.1 Å². The van der Waals surface area contributed by atoms with Gasteiger partial charge in [0.1, 0.15) is 0 Å². The highest BCUT2D eigenvalue weighted by Crippen LogP contribution is 2.33. The summed E-state index contributed by atoms with van der Waals surface area (Å²) in [5.74, 6) is 0.877. The summed E-state index contributed by atoms with van der Waals surface area (Å²) < 4.78 is 0. The van der Waals surface area contributed by atoms with E-state index >= 15 is 0 Å². The molecule has 0 N–H and O–H groups in total. The van der Waals surface area contributed by atoms with Gasteiger partial charge in [0.2, 0.25) is 0 Å². The zero-order valence-corrected chi connectivity index (χ0v) is 8.26. The van der Waals surface area contributed by atoms with E-state index in [0.717, 1.165) is 12.3 Å². The van der Waals surface area contributed by atoms with Crippen molar-refractivity contribution in [3.05, 3.63) is 23.8 Å². The topological polar surface area (TPSA) is 0 Å². The lowest BCUT2D eigenvalue weighted by Crippen LogP contribution is -2.03. The molecule has 1 saturated carbocycles. The summed E-state index contributed by atoms with van der Waals surface area (Å²) >= 11 is 4.41. The molecule has 1 fully saturated rings. The average molecular weight is 180 g/mol. The zero-order valence-electron chi connectivity index (χ0n) is 7.37. The van der Waals surface area contributed by atoms with Crippen molar-refractivity contribution in [2.45, 2.75) is 37.4 Å². The van der Waals surface area contributed by atoms with E-state index in [1.54, 1.807) is 5.57 Å². The molecule has 2 aliphatic rings. The first-order valence-electron chi connectivity index (χ1n) is 4.92. The molecule has 0 radical (unpaired) electrons. The Bertz CT molecular complexity index is 209. The normalized spacial score (nSPS) is 30.8. The molecule has 66 valence electrons. The first kappa shape index (κ1) is 8.43. The average Bonchev–Trinajstić information content (AvgIpc) is 2.58. The van der Waals surface area contributed by atoms with Crippen LogP contribution in [0.25, 0.3) is 0 Å². The highest BCUT2D eigenvalue weighted by atomic mass is 32.1. The number of rotatable bonds is 1. The molecule has 1 atom stereocenters. The van der Waals surface area contributed by atoms with Crippen LogP contribution in [0, 0.1) is 5.92 Å². The number of allylic oxidation sites excluding steroid dienone is 3. The molecule has 0 amide bonds. The second kappa shape index (κ2) is 3.69. The standard InChI is InChI=1S/C11H16S/c12-11-7-5-10(6-8-11)9-3-1-2-4-9/h5-7,9,11-12H,1-4,8H2. The Morgan fingerprint density at radius 1 is 1.25 bits per heavy atom. The Morgan fingerprint density at radius 2 is 2.00 bits per heavy atom. The minimum Gasteiger partial charge on any atom is -0.171 e. The lowest BCUT2D eigenvalue weighted by Gasteiger charge is -2.16. The summed E-state index contributed by atoms with van der Waals surface area (Å²) in [6.45, 7) is 0. The van der Waals surface area contributed by atoms with Crippen LogP contribution in [0.5, 0.6) is 0 Å². The summed E-state index contributed by atoms with van der Waals surface area (Å²) in [5.41, 5.74) is 1.58. The number of hydrogen-bond donors (Lipinski definition) is 1. The maximum Gasteiger partial charge on any atom is 0.0234 e. The predicted molar refractivity (Wildman–Crippen MR) is 56.6 cm³/mol. The van der Waals surface area contributed by atoms with E-state index in [1.807, 2.05) is 0 Å². The fourth-order valence-electron chi connectivity index (χ4n) is 2.19. The fraction of sp³-hybridized carbons (Fsp3) is 0.636. The Morgan fingerprint density at radius 3 is 2.58 bits per heavy atom. The van der Waals surface area contributed by atoms with Crippen LogP contribution in [0.1, 0.15) is 32.1 Å². The van der Waals surface area contributed by atoms with E-state index in [4.69, 9.17) is 0 Å². The van der Waals surface area contributed by atoms with Crippen LogP contribution >= 0.6 is 12.6 Å². The van der Waals surface area contributed by atoms with Crippen LogP contribution in [-0.2, 0) is 0 Å². The third kappa shape index (κ3) is 1.77. The molecule has 0 heterocycles. The van der Waals surface area contributed by atoms with E-state index in [2.05, 4.69) is 30.9 Å². The highest BCUT2D eigenvalue weighted by Gasteiger charge is 2.18. The largest absolute Gasteiger partial charge is 0.171 e. The Labute approximate surface area is 80.2 Å². The molecule has 1 unspecified atom stereocenters. The highest BCUT2D eigenvalue weighted by molar-refractivity contribution is 7.81. The van der Waals surface area contributed by atoms with E-state index in [9.17, 15) is 0 Å². The molecule has 0 bridgehead atoms. The molecule has 0 aromatic heterocycles. The molecule has 0 saturated heterocycles. The van der Waals surface area contributed by atoms with Crippen molar-refractivity contribution in [3.8, 4) is 0 Å². The zero-order chi connectivity index (χ0) is 8.39. The van der Waals surface area contributed by atoms with Crippen LogP contribution in [0.4, 0.5) is 0 Å². The van der Waals surface area contributed by atoms with Gasteiger partial charge in [-0.05, 0) is 30.8 Å². The predicted octanol–water partition coefficient (Wildman–Crippen LogP) is 3.36. The van der Waals surface area contributed by atoms with Crippen molar-refractivity contribution in [2.75, 3.05) is 0 Å². The Kier molecular flexibility index (Phi) is 2.60. The lowest BCUT2D eigenvalue weighted by molar-refractivity contribution is 0.650. The molecule has 2 aliphatic carbocycles. The molecule has 0 spiro atoms. The van der Waals surface area contributed by atoms with E-state index in [0.29, 0.717) is 5.25 Å². The van der Waals surface area contributed by atoms with Gasteiger partial charge in [-0.3, -0.25) is 0 Å². The molecule has 0 nitrogen and oxygen atoms in total. The molecule has 2 rings (SSSR count). The van der Waals surface area contributed by atoms with Gasteiger partial charge in [-0.2, -0.15) is 12.6 Å². The third-order valence-corrected chi connectivity index (χ3v) is 3.32. The fourth-order valence-corrected chi connectivity index (χ4v) is 2.38. The molecular formula is C11H16S. The van der Waals surface area contributed by atoms with E-state index in [1.165, 1.54) is 25.7 Å². The molecular weight excluding hydrogens is 164 g/mol. The smallest absolute Gasteiger partial charge is 0.0234 e. The van der Waals surface area contributed by atoms with Gasteiger partial charge >= 0.3 is 0 Å². The van der Waals surface area contributed by atoms with Gasteiger partial charge in [0.15, 0.2) is 0 Å². The van der Waals surface area contributed by atoms with Crippen molar-refractivity contribution in [2.24, 2.45) is 5.92 Å². The van der Waals surface area contributed by atoms with E-state index < -0.39 is 0 Å². The molecule has 1 heteroatoms. The number of hydrogen-bond acceptors (Lipinski definition) is 1. The first-order valence-corrected chi connectivity index (χ1v) is 5.44. The van der Waals surface area contributed by atoms with Gasteiger partial charge < -0.3 is 0 Å². The van der Waals surface area contributed by atoms with Gasteiger partial charge in [-0.15, -0.1) is 0 Å². The SMILES string of the molecule is SC1C=CC(C2CCCC2)=CC1. The maximum absolute atomic E-state index is 4.41. The molecule has 0 aromatic carbocycles. The Balaban J connectivity index is 2.00. The number of thiol groups is 1. The minimum atomic E-state index is 0.468. The van der Waals surface area contributed by atoms with Gasteiger partial charge in [-0.25, -0.2) is 0 Å². The quantitative estimate of drug-likeness (QED) is 0.588. The minimum absolute atomic E-state index is 0.468. The third-order valence-electron chi connectivity index (χ3n) is 2.93. The molecule has 0 aromatic rings. The van der Waals surface area contributed by atoms with Crippen molar-refractivity contribution in [3.63, 3.8) is 0 Å². The van der Waals surface area contributed by atoms with Gasteiger partial charge in [0, 0.05) is 5.25 Å². The second-order valence-electron chi connectivity index (χ2n) is 3.85. The van der Waals surface area contributed by atoms with Crippen LogP contribution in [-0.4, -0.2) is 5.25 Å². The second-order valence-corrected chi connectivity index (χ2v) is 4.51. The van der Waals surface area contributed by atoms with Crippen molar-refractivity contribution in [1.29, 1.82) is 0 Å². The summed E-state index contributed by atoms with van der Waals surface area (Å²) in [4.78, 5) is 0. The monoisotopic (exact) mass is 180 g/mol. The van der Waals surface area contributed by atoms with Crippen LogP contribution < -0.4 is 0 Å². The summed E-state index contributed by atoms with van der Waals surface area (Å²) in [6.07, 6.45) is 13.7. The first-order chi connectivity index (χ1) is 5.86. The van der Waals surface area contributed by atoms with Crippen LogP contribution in [0.3, 0.4) is 0 Å². The van der Waals surface area contributed by atoms with Crippen LogP contribution in [0.15, 0.2) is 23.8 Å². The summed E-state index contributed by atoms with van der Waals surface area (Å²) in [5, 5.41) is 0.468.